The second-order valence-electron chi connectivity index (χ2n) is 5.31. The largest absolute Gasteiger partial charge is 0.387 e. The van der Waals surface area contributed by atoms with Gasteiger partial charge in [-0.15, -0.1) is 0 Å². The standard InChI is InChI=1S/C14H21N3O/c1-4-14(2,3)15-9-13(18)10-6-5-7-12-11(10)8-16-17-12/h5-8,13,15,18H,4,9H2,1-3H3,(H,16,17)/t13-/m0/s1. The molecule has 0 saturated heterocycles. The molecule has 1 atom stereocenters. The molecule has 0 amide bonds. The SMILES string of the molecule is CCC(C)(C)NC[C@H](O)c1cccc2[nH]ncc12. The third-order valence-corrected chi connectivity index (χ3v) is 3.54. The van der Waals surface area contributed by atoms with E-state index in [0.29, 0.717) is 6.54 Å². The summed E-state index contributed by atoms with van der Waals surface area (Å²) in [7, 11) is 0. The molecule has 0 spiro atoms. The van der Waals surface area contributed by atoms with Crippen molar-refractivity contribution in [3.05, 3.63) is 30.0 Å². The number of aromatic amines is 1. The molecule has 1 heterocycles. The molecule has 18 heavy (non-hydrogen) atoms. The van der Waals surface area contributed by atoms with Gasteiger partial charge in [-0.25, -0.2) is 0 Å². The summed E-state index contributed by atoms with van der Waals surface area (Å²) in [4.78, 5) is 0. The fourth-order valence-corrected chi connectivity index (χ4v) is 1.89. The molecule has 4 heteroatoms. The number of benzene rings is 1. The lowest BCUT2D eigenvalue weighted by Gasteiger charge is -2.26. The minimum atomic E-state index is -0.517. The van der Waals surface area contributed by atoms with Crippen LogP contribution in [0.5, 0.6) is 0 Å². The molecular weight excluding hydrogens is 226 g/mol. The maximum Gasteiger partial charge on any atom is 0.0921 e. The molecule has 1 aromatic carbocycles. The fraction of sp³-hybridized carbons (Fsp3) is 0.500. The van der Waals surface area contributed by atoms with E-state index in [9.17, 15) is 5.11 Å². The van der Waals surface area contributed by atoms with Gasteiger partial charge in [0.2, 0.25) is 0 Å². The molecule has 0 unspecified atom stereocenters. The van der Waals surface area contributed by atoms with Gasteiger partial charge in [-0.1, -0.05) is 19.1 Å². The van der Waals surface area contributed by atoms with E-state index >= 15 is 0 Å². The molecule has 0 aliphatic heterocycles. The zero-order valence-corrected chi connectivity index (χ0v) is 11.2. The molecular formula is C14H21N3O. The van der Waals surface area contributed by atoms with Gasteiger partial charge < -0.3 is 10.4 Å². The predicted octanol–water partition coefficient (Wildman–Crippen LogP) is 2.37. The van der Waals surface area contributed by atoms with E-state index in [1.165, 1.54) is 0 Å². The van der Waals surface area contributed by atoms with Crippen molar-refractivity contribution in [2.75, 3.05) is 6.54 Å². The molecule has 0 bridgehead atoms. The van der Waals surface area contributed by atoms with E-state index in [1.807, 2.05) is 18.2 Å². The monoisotopic (exact) mass is 247 g/mol. The summed E-state index contributed by atoms with van der Waals surface area (Å²) in [5, 5.41) is 21.6. The highest BCUT2D eigenvalue weighted by atomic mass is 16.3. The van der Waals surface area contributed by atoms with Crippen molar-refractivity contribution >= 4 is 10.9 Å². The molecule has 4 nitrogen and oxygen atoms in total. The van der Waals surface area contributed by atoms with Crippen molar-refractivity contribution in [3.8, 4) is 0 Å². The smallest absolute Gasteiger partial charge is 0.0921 e. The first-order valence-electron chi connectivity index (χ1n) is 6.38. The molecule has 1 aromatic heterocycles. The number of hydrogen-bond donors (Lipinski definition) is 3. The summed E-state index contributed by atoms with van der Waals surface area (Å²) in [5.41, 5.74) is 1.92. The van der Waals surface area contributed by atoms with Crippen molar-refractivity contribution < 1.29 is 5.11 Å². The zero-order chi connectivity index (χ0) is 13.2. The van der Waals surface area contributed by atoms with Gasteiger partial charge >= 0.3 is 0 Å². The summed E-state index contributed by atoms with van der Waals surface area (Å²) in [5.74, 6) is 0. The number of nitrogens with one attached hydrogen (secondary N) is 2. The number of aromatic nitrogens is 2. The van der Waals surface area contributed by atoms with Gasteiger partial charge in [-0.05, 0) is 31.9 Å². The van der Waals surface area contributed by atoms with Crippen LogP contribution in [0.3, 0.4) is 0 Å². The van der Waals surface area contributed by atoms with E-state index in [1.54, 1.807) is 6.20 Å². The number of β-amino-alcohol motifs (C(OH)–C–C–N with tert-alkyl or cyclic N) is 1. The van der Waals surface area contributed by atoms with Crippen LogP contribution in [0.4, 0.5) is 0 Å². The van der Waals surface area contributed by atoms with Gasteiger partial charge in [0.05, 0.1) is 17.8 Å². The lowest BCUT2D eigenvalue weighted by molar-refractivity contribution is 0.161. The molecule has 3 N–H and O–H groups in total. The number of nitrogens with zero attached hydrogens (tertiary/aromatic N) is 1. The zero-order valence-electron chi connectivity index (χ0n) is 11.2. The van der Waals surface area contributed by atoms with E-state index < -0.39 is 6.10 Å². The second-order valence-corrected chi connectivity index (χ2v) is 5.31. The molecule has 0 aliphatic rings. The van der Waals surface area contributed by atoms with Crippen molar-refractivity contribution in [1.29, 1.82) is 0 Å². The topological polar surface area (TPSA) is 60.9 Å². The second kappa shape index (κ2) is 5.08. The van der Waals surface area contributed by atoms with Gasteiger partial charge in [0, 0.05) is 17.5 Å². The summed E-state index contributed by atoms with van der Waals surface area (Å²) in [6.07, 6.45) is 2.27. The van der Waals surface area contributed by atoms with Gasteiger partial charge in [-0.3, -0.25) is 5.10 Å². The number of hydrogen-bond acceptors (Lipinski definition) is 3. The van der Waals surface area contributed by atoms with Crippen LogP contribution < -0.4 is 5.32 Å². The fourth-order valence-electron chi connectivity index (χ4n) is 1.89. The summed E-state index contributed by atoms with van der Waals surface area (Å²) >= 11 is 0. The van der Waals surface area contributed by atoms with Crippen LogP contribution >= 0.6 is 0 Å². The Morgan fingerprint density at radius 2 is 2.22 bits per heavy atom. The Hall–Kier alpha value is -1.39. The molecule has 98 valence electrons. The summed E-state index contributed by atoms with van der Waals surface area (Å²) in [6, 6.07) is 5.84. The van der Waals surface area contributed by atoms with E-state index in [4.69, 9.17) is 0 Å². The third-order valence-electron chi connectivity index (χ3n) is 3.54. The molecule has 2 rings (SSSR count). The number of fused-ring (bicyclic) bond motifs is 1. The quantitative estimate of drug-likeness (QED) is 0.760. The first-order chi connectivity index (χ1) is 8.53. The lowest BCUT2D eigenvalue weighted by Crippen LogP contribution is -2.40. The molecule has 0 radical (unpaired) electrons. The Kier molecular flexibility index (Phi) is 3.68. The Balaban J connectivity index is 2.14. The summed E-state index contributed by atoms with van der Waals surface area (Å²) in [6.45, 7) is 6.96. The average molecular weight is 247 g/mol. The molecule has 0 fully saturated rings. The van der Waals surface area contributed by atoms with Crippen molar-refractivity contribution in [1.82, 2.24) is 15.5 Å². The average Bonchev–Trinajstić information content (AvgIpc) is 2.84. The van der Waals surface area contributed by atoms with Crippen molar-refractivity contribution in [2.24, 2.45) is 0 Å². The van der Waals surface area contributed by atoms with Gasteiger partial charge in [-0.2, -0.15) is 5.10 Å². The minimum Gasteiger partial charge on any atom is -0.387 e. The number of aliphatic hydroxyl groups is 1. The first-order valence-corrected chi connectivity index (χ1v) is 6.38. The van der Waals surface area contributed by atoms with Crippen LogP contribution in [-0.2, 0) is 0 Å². The normalized spacial score (nSPS) is 14.0. The predicted molar refractivity (Wildman–Crippen MR) is 73.4 cm³/mol. The summed E-state index contributed by atoms with van der Waals surface area (Å²) < 4.78 is 0. The van der Waals surface area contributed by atoms with Crippen LogP contribution in [0.25, 0.3) is 10.9 Å². The Morgan fingerprint density at radius 1 is 1.44 bits per heavy atom. The maximum absolute atomic E-state index is 10.3. The number of H-pyrrole nitrogens is 1. The lowest BCUT2D eigenvalue weighted by atomic mass is 10.00. The van der Waals surface area contributed by atoms with Crippen LogP contribution in [0.2, 0.25) is 0 Å². The van der Waals surface area contributed by atoms with Gasteiger partial charge in [0.25, 0.3) is 0 Å². The Morgan fingerprint density at radius 3 is 2.94 bits per heavy atom. The van der Waals surface area contributed by atoms with Gasteiger partial charge in [0.15, 0.2) is 0 Å². The minimum absolute atomic E-state index is 0.0469. The third kappa shape index (κ3) is 2.71. The Bertz CT molecular complexity index is 518. The van der Waals surface area contributed by atoms with E-state index in [0.717, 1.165) is 22.9 Å². The molecule has 0 saturated carbocycles. The van der Waals surface area contributed by atoms with Gasteiger partial charge in [0.1, 0.15) is 0 Å². The van der Waals surface area contributed by atoms with Crippen molar-refractivity contribution in [3.63, 3.8) is 0 Å². The molecule has 0 aliphatic carbocycles. The Labute approximate surface area is 107 Å². The van der Waals surface area contributed by atoms with Crippen LogP contribution in [0.15, 0.2) is 24.4 Å². The molecule has 2 aromatic rings. The van der Waals surface area contributed by atoms with E-state index in [-0.39, 0.29) is 5.54 Å². The highest BCUT2D eigenvalue weighted by molar-refractivity contribution is 5.81. The highest BCUT2D eigenvalue weighted by Crippen LogP contribution is 2.22. The van der Waals surface area contributed by atoms with E-state index in [2.05, 4.69) is 36.3 Å². The number of aliphatic hydroxyl groups excluding tert-OH is 1. The van der Waals surface area contributed by atoms with Crippen LogP contribution in [-0.4, -0.2) is 27.4 Å². The first kappa shape index (κ1) is 13.1. The van der Waals surface area contributed by atoms with Crippen molar-refractivity contribution in [2.45, 2.75) is 38.8 Å². The maximum atomic E-state index is 10.3. The highest BCUT2D eigenvalue weighted by Gasteiger charge is 2.18. The number of rotatable bonds is 5. The van der Waals surface area contributed by atoms with Crippen LogP contribution in [0.1, 0.15) is 38.9 Å². The van der Waals surface area contributed by atoms with Crippen LogP contribution in [0, 0.1) is 0 Å².